The first-order chi connectivity index (χ1) is 19.7. The number of benzene rings is 3. The molecule has 3 aromatic carbocycles. The molecule has 214 valence electrons. The van der Waals surface area contributed by atoms with Gasteiger partial charge < -0.3 is 20.6 Å². The summed E-state index contributed by atoms with van der Waals surface area (Å²) in [5.74, 6) is -1.78. The number of carbonyl (C=O) groups excluding carboxylic acids is 3. The molecule has 3 fully saturated rings. The van der Waals surface area contributed by atoms with Crippen LogP contribution in [0.15, 0.2) is 72.8 Å². The predicted octanol–water partition coefficient (Wildman–Crippen LogP) is 5.29. The van der Waals surface area contributed by atoms with Gasteiger partial charge in [-0.2, -0.15) is 0 Å². The Morgan fingerprint density at radius 2 is 1.68 bits per heavy atom. The van der Waals surface area contributed by atoms with Crippen LogP contribution < -0.4 is 10.6 Å². The van der Waals surface area contributed by atoms with Crippen molar-refractivity contribution in [3.63, 3.8) is 0 Å². The second-order valence-electron chi connectivity index (χ2n) is 11.8. The molecule has 41 heavy (non-hydrogen) atoms. The number of nitrogens with zero attached hydrogens (tertiary/aromatic N) is 1. The summed E-state index contributed by atoms with van der Waals surface area (Å²) in [4.78, 5) is 44.1. The fourth-order valence-corrected chi connectivity index (χ4v) is 10.7. The molecule has 7 nitrogen and oxygen atoms in total. The van der Waals surface area contributed by atoms with Crippen LogP contribution in [0.25, 0.3) is 10.8 Å². The molecule has 6 rings (SSSR count). The van der Waals surface area contributed by atoms with Gasteiger partial charge in [0.1, 0.15) is 6.04 Å². The van der Waals surface area contributed by atoms with E-state index >= 15 is 0 Å². The van der Waals surface area contributed by atoms with Crippen LogP contribution in [0.2, 0.25) is 0 Å². The van der Waals surface area contributed by atoms with E-state index < -0.39 is 28.7 Å². The van der Waals surface area contributed by atoms with E-state index in [2.05, 4.69) is 26.6 Å². The van der Waals surface area contributed by atoms with Gasteiger partial charge >= 0.3 is 0 Å². The molecule has 3 aromatic rings. The van der Waals surface area contributed by atoms with Gasteiger partial charge in [-0.25, -0.2) is 0 Å². The van der Waals surface area contributed by atoms with E-state index in [4.69, 9.17) is 0 Å². The molecule has 3 N–H and O–H groups in total. The highest BCUT2D eigenvalue weighted by atomic mass is 79.9. The number of likely N-dealkylation sites (tertiary alicyclic amines) is 1. The van der Waals surface area contributed by atoms with E-state index in [0.717, 1.165) is 10.8 Å². The van der Waals surface area contributed by atoms with Crippen LogP contribution >= 0.6 is 27.7 Å². The van der Waals surface area contributed by atoms with Gasteiger partial charge in [0.25, 0.3) is 0 Å². The van der Waals surface area contributed by atoms with Crippen molar-refractivity contribution in [2.45, 2.75) is 53.6 Å². The van der Waals surface area contributed by atoms with Crippen LogP contribution in [0, 0.1) is 17.8 Å². The smallest absolute Gasteiger partial charge is 0.248 e. The third-order valence-corrected chi connectivity index (χ3v) is 11.9. The number of fused-ring (bicyclic) bond motifs is 2. The Labute approximate surface area is 252 Å². The SMILES string of the molecule is CC(C)C[C@H](CO)N1C(=O)[C@@H]2[C@@H](C(=O)Nc3ccccc3)[C@@H]3SC2(CC3Br)C1C(=O)Nc1ccc2ccccc2c1. The molecule has 3 unspecified atom stereocenters. The lowest BCUT2D eigenvalue weighted by molar-refractivity contribution is -0.141. The van der Waals surface area contributed by atoms with Crippen molar-refractivity contribution in [2.24, 2.45) is 17.8 Å². The quantitative estimate of drug-likeness (QED) is 0.292. The molecular formula is C32H34BrN3O4S. The zero-order valence-corrected chi connectivity index (χ0v) is 25.4. The first-order valence-electron chi connectivity index (χ1n) is 14.1. The average Bonchev–Trinajstić information content (AvgIpc) is 3.55. The highest BCUT2D eigenvalue weighted by Gasteiger charge is 2.76. The monoisotopic (exact) mass is 635 g/mol. The molecule has 2 bridgehead atoms. The van der Waals surface area contributed by atoms with E-state index in [1.54, 1.807) is 16.7 Å². The third-order valence-electron chi connectivity index (χ3n) is 8.68. The lowest BCUT2D eigenvalue weighted by Gasteiger charge is -2.37. The zero-order chi connectivity index (χ0) is 28.9. The number of hydrogen-bond donors (Lipinski definition) is 3. The maximum atomic E-state index is 14.4. The predicted molar refractivity (Wildman–Crippen MR) is 167 cm³/mol. The minimum Gasteiger partial charge on any atom is -0.394 e. The summed E-state index contributed by atoms with van der Waals surface area (Å²) in [5, 5.41) is 18.5. The van der Waals surface area contributed by atoms with Crippen molar-refractivity contribution < 1.29 is 19.5 Å². The fraction of sp³-hybridized carbons (Fsp3) is 0.406. The minimum atomic E-state index is -0.827. The number of thioether (sulfide) groups is 1. The number of rotatable bonds is 8. The summed E-state index contributed by atoms with van der Waals surface area (Å²) in [6.07, 6.45) is 1.14. The molecule has 3 saturated heterocycles. The Balaban J connectivity index is 1.38. The molecular weight excluding hydrogens is 602 g/mol. The Morgan fingerprint density at radius 3 is 2.39 bits per heavy atom. The number of para-hydroxylation sites is 1. The number of carbonyl (C=O) groups is 3. The van der Waals surface area contributed by atoms with E-state index in [9.17, 15) is 19.5 Å². The number of aliphatic hydroxyl groups excluding tert-OH is 1. The van der Waals surface area contributed by atoms with Crippen molar-refractivity contribution in [2.75, 3.05) is 17.2 Å². The first-order valence-corrected chi connectivity index (χ1v) is 15.9. The molecule has 3 amide bonds. The van der Waals surface area contributed by atoms with Crippen molar-refractivity contribution >= 4 is 67.6 Å². The van der Waals surface area contributed by atoms with Crippen LogP contribution in [-0.4, -0.2) is 61.2 Å². The van der Waals surface area contributed by atoms with Gasteiger partial charge in [-0.3, -0.25) is 14.4 Å². The van der Waals surface area contributed by atoms with E-state index in [1.165, 1.54) is 0 Å². The van der Waals surface area contributed by atoms with Crippen molar-refractivity contribution in [3.8, 4) is 0 Å². The first kappa shape index (κ1) is 28.2. The van der Waals surface area contributed by atoms with Gasteiger partial charge in [0, 0.05) is 21.5 Å². The van der Waals surface area contributed by atoms with Crippen molar-refractivity contribution in [1.29, 1.82) is 0 Å². The number of aliphatic hydroxyl groups is 1. The van der Waals surface area contributed by atoms with E-state index in [1.807, 2.05) is 86.6 Å². The summed E-state index contributed by atoms with van der Waals surface area (Å²) in [6.45, 7) is 3.83. The standard InChI is InChI=1S/C32H34BrN3O4S/c1-18(2)14-23(17-37)36-28(30(39)35-22-13-12-19-8-6-7-9-20(19)15-22)32-16-24(33)27(41-32)25(26(32)31(36)40)29(38)34-21-10-4-3-5-11-21/h3-13,15,18,23-28,37H,14,16-17H2,1-2H3,(H,34,38)(H,35,39)/t23-,24?,25-,26+,27-,28?,32?/m1/s1. The molecule has 7 atom stereocenters. The lowest BCUT2D eigenvalue weighted by atomic mass is 9.70. The Hall–Kier alpha value is -2.88. The molecule has 0 saturated carbocycles. The fourth-order valence-electron chi connectivity index (χ4n) is 7.10. The molecule has 9 heteroatoms. The Bertz CT molecular complexity index is 1490. The highest BCUT2D eigenvalue weighted by Crippen LogP contribution is 2.68. The molecule has 3 aliphatic rings. The maximum Gasteiger partial charge on any atom is 0.248 e. The van der Waals surface area contributed by atoms with Gasteiger partial charge in [-0.1, -0.05) is 78.3 Å². The number of hydrogen-bond acceptors (Lipinski definition) is 5. The summed E-state index contributed by atoms with van der Waals surface area (Å²) >= 11 is 5.41. The normalized spacial score (nSPS) is 29.1. The van der Waals surface area contributed by atoms with Crippen LogP contribution in [0.5, 0.6) is 0 Å². The van der Waals surface area contributed by atoms with Crippen molar-refractivity contribution in [1.82, 2.24) is 4.90 Å². The van der Waals surface area contributed by atoms with Crippen LogP contribution in [0.4, 0.5) is 11.4 Å². The highest BCUT2D eigenvalue weighted by molar-refractivity contribution is 9.09. The van der Waals surface area contributed by atoms with Crippen LogP contribution in [0.3, 0.4) is 0 Å². The number of amides is 3. The topological polar surface area (TPSA) is 98.7 Å². The molecule has 0 radical (unpaired) electrons. The van der Waals surface area contributed by atoms with Crippen molar-refractivity contribution in [3.05, 3.63) is 72.8 Å². The zero-order valence-electron chi connectivity index (χ0n) is 23.0. The summed E-state index contributed by atoms with van der Waals surface area (Å²) in [5.41, 5.74) is 1.32. The van der Waals surface area contributed by atoms with Gasteiger partial charge in [-0.15, -0.1) is 11.8 Å². The second kappa shape index (κ2) is 11.1. The number of alkyl halides is 1. The Kier molecular flexibility index (Phi) is 7.63. The molecule has 0 aromatic heterocycles. The largest absolute Gasteiger partial charge is 0.394 e. The number of nitrogens with one attached hydrogen (secondary N) is 2. The molecule has 1 spiro atoms. The molecule has 3 aliphatic heterocycles. The summed E-state index contributed by atoms with van der Waals surface area (Å²) in [7, 11) is 0. The van der Waals surface area contributed by atoms with E-state index in [-0.39, 0.29) is 40.3 Å². The second-order valence-corrected chi connectivity index (χ2v) is 14.5. The summed E-state index contributed by atoms with van der Waals surface area (Å²) in [6, 6.07) is 21.6. The summed E-state index contributed by atoms with van der Waals surface area (Å²) < 4.78 is -0.792. The van der Waals surface area contributed by atoms with Gasteiger partial charge in [0.2, 0.25) is 17.7 Å². The number of halogens is 1. The van der Waals surface area contributed by atoms with E-state index in [0.29, 0.717) is 24.2 Å². The van der Waals surface area contributed by atoms with Gasteiger partial charge in [0.05, 0.1) is 29.2 Å². The van der Waals surface area contributed by atoms with Crippen LogP contribution in [0.1, 0.15) is 26.7 Å². The minimum absolute atomic E-state index is 0.0309. The Morgan fingerprint density at radius 1 is 1.00 bits per heavy atom. The van der Waals surface area contributed by atoms with Gasteiger partial charge in [0.15, 0.2) is 0 Å². The lowest BCUT2D eigenvalue weighted by Crippen LogP contribution is -2.55. The molecule has 0 aliphatic carbocycles. The van der Waals surface area contributed by atoms with Crippen LogP contribution in [-0.2, 0) is 14.4 Å². The molecule has 3 heterocycles. The maximum absolute atomic E-state index is 14.4. The van der Waals surface area contributed by atoms with Gasteiger partial charge in [-0.05, 0) is 53.8 Å². The number of anilines is 2. The third kappa shape index (κ3) is 4.85. The average molecular weight is 637 g/mol.